The minimum absolute atomic E-state index is 0.167. The third-order valence-electron chi connectivity index (χ3n) is 3.39. The zero-order valence-corrected chi connectivity index (χ0v) is 11.8. The summed E-state index contributed by atoms with van der Waals surface area (Å²) in [7, 11) is 0. The molecule has 3 N–H and O–H groups in total. The molecule has 1 unspecified atom stereocenters. The van der Waals surface area contributed by atoms with Crippen LogP contribution in [-0.2, 0) is 0 Å². The molecule has 5 heteroatoms. The molecule has 1 atom stereocenters. The van der Waals surface area contributed by atoms with Crippen LogP contribution in [0.15, 0.2) is 21.4 Å². The van der Waals surface area contributed by atoms with Crippen LogP contribution in [0.2, 0.25) is 0 Å². The monoisotopic (exact) mass is 309 g/mol. The van der Waals surface area contributed by atoms with Gasteiger partial charge in [-0.15, -0.1) is 0 Å². The Morgan fingerprint density at radius 1 is 1.39 bits per heavy atom. The van der Waals surface area contributed by atoms with Crippen molar-refractivity contribution in [3.8, 4) is 0 Å². The van der Waals surface area contributed by atoms with Gasteiger partial charge in [-0.2, -0.15) is 0 Å². The Hall–Kier alpha value is -1.23. The summed E-state index contributed by atoms with van der Waals surface area (Å²) in [6.07, 6.45) is 3.96. The molecule has 0 spiro atoms. The summed E-state index contributed by atoms with van der Waals surface area (Å²) in [6.45, 7) is 2.20. The topological polar surface area (TPSA) is 60.7 Å². The lowest BCUT2D eigenvalue weighted by molar-refractivity contribution is 0.642. The third kappa shape index (κ3) is 2.46. The average molecular weight is 310 g/mol. The van der Waals surface area contributed by atoms with Gasteiger partial charge >= 0.3 is 5.69 Å². The maximum absolute atomic E-state index is 11.2. The van der Waals surface area contributed by atoms with Crippen molar-refractivity contribution in [2.24, 2.45) is 5.92 Å². The van der Waals surface area contributed by atoms with Crippen molar-refractivity contribution in [2.75, 3.05) is 5.32 Å². The molecule has 1 saturated carbocycles. The Morgan fingerprint density at radius 2 is 2.06 bits per heavy atom. The summed E-state index contributed by atoms with van der Waals surface area (Å²) in [4.78, 5) is 16.8. The molecule has 1 aromatic carbocycles. The van der Waals surface area contributed by atoms with Gasteiger partial charge in [0.05, 0.1) is 16.7 Å². The Bertz CT molecular complexity index is 627. The van der Waals surface area contributed by atoms with Crippen molar-refractivity contribution >= 4 is 32.7 Å². The van der Waals surface area contributed by atoms with E-state index in [1.807, 2.05) is 12.1 Å². The van der Waals surface area contributed by atoms with E-state index in [9.17, 15) is 4.79 Å². The van der Waals surface area contributed by atoms with Crippen molar-refractivity contribution in [3.63, 3.8) is 0 Å². The first kappa shape index (κ1) is 11.8. The SMILES string of the molecule is CC(CC1CC1)Nc1cc2[nH]c(=O)[nH]c2cc1Br. The summed E-state index contributed by atoms with van der Waals surface area (Å²) < 4.78 is 0.980. The molecule has 1 aliphatic carbocycles. The number of anilines is 1. The van der Waals surface area contributed by atoms with Gasteiger partial charge in [0, 0.05) is 10.5 Å². The standard InChI is InChI=1S/C13H16BrN3O/c1-7(4-8-2-3-8)15-10-6-12-11(5-9(10)14)16-13(18)17-12/h5-8,15H,2-4H2,1H3,(H2,16,17,18). The smallest absolute Gasteiger partial charge is 0.323 e. The van der Waals surface area contributed by atoms with Gasteiger partial charge in [0.1, 0.15) is 0 Å². The Kier molecular flexibility index (Phi) is 2.93. The molecular weight excluding hydrogens is 294 g/mol. The van der Waals surface area contributed by atoms with Gasteiger partial charge in [-0.25, -0.2) is 4.79 Å². The van der Waals surface area contributed by atoms with Crippen LogP contribution in [0.4, 0.5) is 5.69 Å². The van der Waals surface area contributed by atoms with E-state index in [4.69, 9.17) is 0 Å². The first-order valence-electron chi connectivity index (χ1n) is 6.30. The zero-order chi connectivity index (χ0) is 12.7. The summed E-state index contributed by atoms with van der Waals surface area (Å²) >= 11 is 3.54. The predicted molar refractivity (Wildman–Crippen MR) is 77.0 cm³/mol. The van der Waals surface area contributed by atoms with E-state index in [-0.39, 0.29) is 5.69 Å². The van der Waals surface area contributed by atoms with E-state index in [0.29, 0.717) is 6.04 Å². The molecule has 0 amide bonds. The number of benzene rings is 1. The fraction of sp³-hybridized carbons (Fsp3) is 0.462. The normalized spacial score (nSPS) is 17.0. The Morgan fingerprint density at radius 3 is 2.72 bits per heavy atom. The van der Waals surface area contributed by atoms with Gasteiger partial charge in [0.25, 0.3) is 0 Å². The average Bonchev–Trinajstić information content (AvgIpc) is 3.01. The van der Waals surface area contributed by atoms with Gasteiger partial charge in [0.15, 0.2) is 0 Å². The van der Waals surface area contributed by atoms with Crippen LogP contribution in [0, 0.1) is 5.92 Å². The maximum atomic E-state index is 11.2. The largest absolute Gasteiger partial charge is 0.382 e. The number of aromatic nitrogens is 2. The fourth-order valence-corrected chi connectivity index (χ4v) is 2.80. The van der Waals surface area contributed by atoms with E-state index < -0.39 is 0 Å². The molecule has 18 heavy (non-hydrogen) atoms. The van der Waals surface area contributed by atoms with Crippen molar-refractivity contribution < 1.29 is 0 Å². The number of aromatic amines is 2. The highest BCUT2D eigenvalue weighted by molar-refractivity contribution is 9.10. The van der Waals surface area contributed by atoms with Crippen molar-refractivity contribution in [2.45, 2.75) is 32.2 Å². The molecule has 2 aromatic rings. The molecule has 1 aliphatic rings. The van der Waals surface area contributed by atoms with E-state index in [1.54, 1.807) is 0 Å². The summed E-state index contributed by atoms with van der Waals surface area (Å²) in [5.74, 6) is 0.905. The molecule has 0 saturated heterocycles. The lowest BCUT2D eigenvalue weighted by Crippen LogP contribution is -2.16. The third-order valence-corrected chi connectivity index (χ3v) is 4.05. The Labute approximate surface area is 113 Å². The molecule has 1 heterocycles. The van der Waals surface area contributed by atoms with Crippen LogP contribution in [-0.4, -0.2) is 16.0 Å². The maximum Gasteiger partial charge on any atom is 0.323 e. The van der Waals surface area contributed by atoms with E-state index in [2.05, 4.69) is 38.1 Å². The van der Waals surface area contributed by atoms with Gasteiger partial charge < -0.3 is 15.3 Å². The highest BCUT2D eigenvalue weighted by Gasteiger charge is 2.23. The molecule has 96 valence electrons. The van der Waals surface area contributed by atoms with Gasteiger partial charge in [0.2, 0.25) is 0 Å². The lowest BCUT2D eigenvalue weighted by atomic mass is 10.1. The number of hydrogen-bond donors (Lipinski definition) is 3. The number of halogens is 1. The molecule has 4 nitrogen and oxygen atoms in total. The van der Waals surface area contributed by atoms with Crippen LogP contribution < -0.4 is 11.0 Å². The highest BCUT2D eigenvalue weighted by Crippen LogP contribution is 2.35. The Balaban J connectivity index is 1.85. The van der Waals surface area contributed by atoms with Crippen molar-refractivity contribution in [1.29, 1.82) is 0 Å². The lowest BCUT2D eigenvalue weighted by Gasteiger charge is -2.16. The molecular formula is C13H16BrN3O. The molecule has 0 aliphatic heterocycles. The van der Waals surface area contributed by atoms with Gasteiger partial charge in [-0.1, -0.05) is 12.8 Å². The van der Waals surface area contributed by atoms with Crippen LogP contribution in [0.25, 0.3) is 11.0 Å². The predicted octanol–water partition coefficient (Wildman–Crippen LogP) is 3.22. The molecule has 0 radical (unpaired) electrons. The van der Waals surface area contributed by atoms with E-state index in [1.165, 1.54) is 19.3 Å². The molecule has 1 aromatic heterocycles. The number of fused-ring (bicyclic) bond motifs is 1. The number of H-pyrrole nitrogens is 2. The van der Waals surface area contributed by atoms with E-state index >= 15 is 0 Å². The summed E-state index contributed by atoms with van der Waals surface area (Å²) in [5.41, 5.74) is 2.53. The number of nitrogens with one attached hydrogen (secondary N) is 3. The summed E-state index contributed by atoms with van der Waals surface area (Å²) in [5, 5.41) is 3.50. The molecule has 0 bridgehead atoms. The molecule has 1 fully saturated rings. The minimum atomic E-state index is -0.167. The number of imidazole rings is 1. The number of rotatable bonds is 4. The second kappa shape index (κ2) is 4.46. The van der Waals surface area contributed by atoms with Crippen molar-refractivity contribution in [1.82, 2.24) is 9.97 Å². The first-order valence-corrected chi connectivity index (χ1v) is 7.09. The minimum Gasteiger partial charge on any atom is -0.382 e. The fourth-order valence-electron chi connectivity index (χ4n) is 2.34. The van der Waals surface area contributed by atoms with Crippen LogP contribution in [0.5, 0.6) is 0 Å². The van der Waals surface area contributed by atoms with Gasteiger partial charge in [-0.3, -0.25) is 0 Å². The quantitative estimate of drug-likeness (QED) is 0.812. The van der Waals surface area contributed by atoms with Crippen molar-refractivity contribution in [3.05, 3.63) is 27.1 Å². The molecule has 3 rings (SSSR count). The van der Waals surface area contributed by atoms with Crippen LogP contribution in [0.3, 0.4) is 0 Å². The highest BCUT2D eigenvalue weighted by atomic mass is 79.9. The number of hydrogen-bond acceptors (Lipinski definition) is 2. The van der Waals surface area contributed by atoms with Gasteiger partial charge in [-0.05, 0) is 47.3 Å². The second-order valence-corrected chi connectivity index (χ2v) is 6.04. The van der Waals surface area contributed by atoms with E-state index in [0.717, 1.165) is 27.1 Å². The second-order valence-electron chi connectivity index (χ2n) is 5.18. The van der Waals surface area contributed by atoms with Crippen LogP contribution in [0.1, 0.15) is 26.2 Å². The first-order chi connectivity index (χ1) is 8.61. The van der Waals surface area contributed by atoms with Crippen LogP contribution >= 0.6 is 15.9 Å². The zero-order valence-electron chi connectivity index (χ0n) is 10.2. The summed E-state index contributed by atoms with van der Waals surface area (Å²) in [6, 6.07) is 4.36.